The van der Waals surface area contributed by atoms with E-state index in [2.05, 4.69) is 59.8 Å². The molecule has 0 aliphatic heterocycles. The van der Waals surface area contributed by atoms with Crippen molar-refractivity contribution in [3.05, 3.63) is 60.0 Å². The van der Waals surface area contributed by atoms with Crippen LogP contribution in [0.15, 0.2) is 30.3 Å². The second-order valence-electron chi connectivity index (χ2n) is 9.05. The van der Waals surface area contributed by atoms with Crippen LogP contribution in [0.5, 0.6) is 11.5 Å². The Balaban J connectivity index is 0.00000272. The molecule has 1 amide bonds. The largest absolute Gasteiger partial charge is 0.534 e. The van der Waals surface area contributed by atoms with Gasteiger partial charge in [0.25, 0.3) is 0 Å². The zero-order valence-corrected chi connectivity index (χ0v) is 22.2. The topological polar surface area (TPSA) is 69.6 Å². The number of carbonyl (C=O) groups is 1. The Morgan fingerprint density at radius 3 is 1.90 bits per heavy atom. The van der Waals surface area contributed by atoms with E-state index in [1.807, 2.05) is 12.1 Å². The van der Waals surface area contributed by atoms with Crippen molar-refractivity contribution < 1.29 is 47.7 Å². The maximum absolute atomic E-state index is 12.3. The van der Waals surface area contributed by atoms with Gasteiger partial charge in [-0.05, 0) is 33.9 Å². The van der Waals surface area contributed by atoms with E-state index in [0.29, 0.717) is 24.3 Å². The molecule has 30 heavy (non-hydrogen) atoms. The molecule has 0 aliphatic carbocycles. The summed E-state index contributed by atoms with van der Waals surface area (Å²) >= 11 is 0. The molecule has 0 aliphatic rings. The number of nitrogens with one attached hydrogen (secondary N) is 1. The molecule has 2 aromatic carbocycles. The summed E-state index contributed by atoms with van der Waals surface area (Å²) in [5.74, 6) is 0.293. The van der Waals surface area contributed by atoms with Crippen molar-refractivity contribution >= 4 is 11.6 Å². The molecule has 0 saturated carbocycles. The van der Waals surface area contributed by atoms with Crippen LogP contribution in [0.4, 0.5) is 5.69 Å². The van der Waals surface area contributed by atoms with E-state index in [1.165, 1.54) is 6.07 Å². The molecule has 5 heteroatoms. The first kappa shape index (κ1) is 28.6. The van der Waals surface area contributed by atoms with E-state index in [-0.39, 0.29) is 55.2 Å². The van der Waals surface area contributed by atoms with Gasteiger partial charge in [0.2, 0.25) is 5.91 Å². The number of phenols is 2. The van der Waals surface area contributed by atoms with E-state index in [1.54, 1.807) is 19.1 Å². The van der Waals surface area contributed by atoms with Crippen molar-refractivity contribution in [2.45, 2.75) is 72.1 Å². The van der Waals surface area contributed by atoms with Gasteiger partial charge >= 0.3 is 0 Å². The quantitative estimate of drug-likeness (QED) is 0.372. The number of aryl methyl sites for hydroxylation is 1. The predicted molar refractivity (Wildman–Crippen MR) is 120 cm³/mol. The van der Waals surface area contributed by atoms with Crippen LogP contribution in [-0.4, -0.2) is 16.1 Å². The minimum Gasteiger partial charge on any atom is -0.534 e. The van der Waals surface area contributed by atoms with Gasteiger partial charge in [-0.15, -0.1) is 18.2 Å². The minimum absolute atomic E-state index is 0. The monoisotopic (exact) mass is 486 g/mol. The van der Waals surface area contributed by atoms with Gasteiger partial charge in [0, 0.05) is 44.9 Å². The predicted octanol–water partition coefficient (Wildman–Crippen LogP) is 5.90. The van der Waals surface area contributed by atoms with Crippen molar-refractivity contribution in [2.24, 2.45) is 0 Å². The molecule has 0 unspecified atom stereocenters. The Morgan fingerprint density at radius 2 is 1.50 bits per heavy atom. The molecule has 2 aromatic rings. The summed E-state index contributed by atoms with van der Waals surface area (Å²) in [5, 5.41) is 22.8. The molecule has 0 heterocycles. The van der Waals surface area contributed by atoms with Crippen molar-refractivity contribution in [3.8, 4) is 11.5 Å². The zero-order chi connectivity index (χ0) is 22.4. The standard InChI is InChI=1S/C23H30NO3.C2H5.Y/c1-22(2,3)18-13-15(14-19(21(18)27)23(4,5)6)7-12-20(26)24-16-8-10-17(25)11-9-16;1-2;/h8-10,13-14,25,27H,7,12H2,1-6H3,(H,24,26);1H2,2H3;/q2*-1;. The van der Waals surface area contributed by atoms with Crippen molar-refractivity contribution in [2.75, 3.05) is 5.32 Å². The van der Waals surface area contributed by atoms with E-state index in [0.717, 1.165) is 16.7 Å². The third-order valence-corrected chi connectivity index (χ3v) is 4.51. The maximum Gasteiger partial charge on any atom is 0.213 e. The Hall–Kier alpha value is -1.39. The number of benzene rings is 2. The number of aromatic hydroxyl groups is 2. The molecule has 0 aromatic heterocycles. The first-order chi connectivity index (χ1) is 13.4. The van der Waals surface area contributed by atoms with Crippen LogP contribution in [0.2, 0.25) is 0 Å². The first-order valence-electron chi connectivity index (χ1n) is 9.96. The smallest absolute Gasteiger partial charge is 0.213 e. The molecule has 163 valence electrons. The number of amides is 1. The zero-order valence-electron chi connectivity index (χ0n) is 19.4. The van der Waals surface area contributed by atoms with Gasteiger partial charge in [-0.1, -0.05) is 59.4 Å². The van der Waals surface area contributed by atoms with Crippen LogP contribution in [0.1, 0.15) is 71.6 Å². The van der Waals surface area contributed by atoms with Crippen LogP contribution in [0, 0.1) is 13.0 Å². The van der Waals surface area contributed by atoms with Crippen LogP contribution in [0.25, 0.3) is 0 Å². The fourth-order valence-corrected chi connectivity index (χ4v) is 2.96. The summed E-state index contributed by atoms with van der Waals surface area (Å²) < 4.78 is 0. The van der Waals surface area contributed by atoms with Crippen LogP contribution in [-0.2, 0) is 54.8 Å². The van der Waals surface area contributed by atoms with Crippen LogP contribution >= 0.6 is 0 Å². The summed E-state index contributed by atoms with van der Waals surface area (Å²) in [6, 6.07) is 11.3. The average molecular weight is 486 g/mol. The van der Waals surface area contributed by atoms with E-state index < -0.39 is 0 Å². The van der Waals surface area contributed by atoms with Gasteiger partial charge in [-0.3, -0.25) is 4.79 Å². The van der Waals surface area contributed by atoms with E-state index >= 15 is 0 Å². The fourth-order valence-electron chi connectivity index (χ4n) is 2.96. The van der Waals surface area contributed by atoms with Gasteiger partial charge in [0.15, 0.2) is 0 Å². The fraction of sp³-hybridized carbons (Fsp3) is 0.440. The second kappa shape index (κ2) is 11.9. The Morgan fingerprint density at radius 1 is 1.00 bits per heavy atom. The molecule has 2 rings (SSSR count). The van der Waals surface area contributed by atoms with Gasteiger partial charge < -0.3 is 22.5 Å². The molecule has 4 nitrogen and oxygen atoms in total. The second-order valence-corrected chi connectivity index (χ2v) is 9.05. The molecule has 0 bridgehead atoms. The normalized spacial score (nSPS) is 11.1. The third kappa shape index (κ3) is 8.39. The van der Waals surface area contributed by atoms with Gasteiger partial charge in [0.05, 0.1) is 0 Å². The number of phenolic OH excluding ortho intramolecular Hbond substituents is 2. The summed E-state index contributed by atoms with van der Waals surface area (Å²) in [6.45, 7) is 17.5. The molecule has 0 saturated heterocycles. The molecular weight excluding hydrogens is 451 g/mol. The molecule has 0 fully saturated rings. The van der Waals surface area contributed by atoms with Crippen molar-refractivity contribution in [1.82, 2.24) is 0 Å². The van der Waals surface area contributed by atoms with Gasteiger partial charge in [-0.25, -0.2) is 0 Å². The average Bonchev–Trinajstić information content (AvgIpc) is 2.62. The molecular formula is C25H35NO3Y-2. The summed E-state index contributed by atoms with van der Waals surface area (Å²) in [6.07, 6.45) is 0.916. The number of anilines is 1. The molecule has 0 atom stereocenters. The summed E-state index contributed by atoms with van der Waals surface area (Å²) in [7, 11) is 0. The van der Waals surface area contributed by atoms with Gasteiger partial charge in [0.1, 0.15) is 5.75 Å². The maximum atomic E-state index is 12.3. The molecule has 0 spiro atoms. The molecule has 3 N–H and O–H groups in total. The number of hydrogen-bond acceptors (Lipinski definition) is 3. The number of rotatable bonds is 4. The summed E-state index contributed by atoms with van der Waals surface area (Å²) in [4.78, 5) is 12.3. The first-order valence-corrected chi connectivity index (χ1v) is 9.96. The van der Waals surface area contributed by atoms with E-state index in [9.17, 15) is 15.0 Å². The van der Waals surface area contributed by atoms with Crippen molar-refractivity contribution in [3.63, 3.8) is 0 Å². The van der Waals surface area contributed by atoms with Crippen molar-refractivity contribution in [1.29, 1.82) is 0 Å². The van der Waals surface area contributed by atoms with Crippen LogP contribution < -0.4 is 5.32 Å². The number of carbonyl (C=O) groups excluding carboxylic acids is 1. The SMILES string of the molecule is CC(C)(C)c1cc(CCC(=O)Nc2c[c-]c(O)cc2)cc(C(C)(C)C)c1O.[CH2-]C.[Y]. The number of hydrogen-bond donors (Lipinski definition) is 3. The minimum atomic E-state index is -0.190. The Bertz CT molecular complexity index is 781. The molecule has 1 radical (unpaired) electrons. The van der Waals surface area contributed by atoms with Gasteiger partial charge in [-0.2, -0.15) is 13.0 Å². The summed E-state index contributed by atoms with van der Waals surface area (Å²) in [5.41, 5.74) is 3.07. The van der Waals surface area contributed by atoms with Crippen LogP contribution in [0.3, 0.4) is 0 Å². The Kier molecular flexibility index (Phi) is 11.3. The third-order valence-electron chi connectivity index (χ3n) is 4.51. The van der Waals surface area contributed by atoms with E-state index in [4.69, 9.17) is 0 Å². The Labute approximate surface area is 207 Å².